The smallest absolute Gasteiger partial charge is 0.340 e. The van der Waals surface area contributed by atoms with E-state index in [2.05, 4.69) is 11.9 Å². The zero-order chi connectivity index (χ0) is 18.9. The third-order valence-corrected chi connectivity index (χ3v) is 5.42. The highest BCUT2D eigenvalue weighted by atomic mass is 16.5. The number of hydrogen-bond acceptors (Lipinski definition) is 5. The molecule has 1 aliphatic heterocycles. The number of carbonyl (C=O) groups is 1. The van der Waals surface area contributed by atoms with E-state index in [9.17, 15) is 9.90 Å². The van der Waals surface area contributed by atoms with E-state index >= 15 is 0 Å². The zero-order valence-corrected chi connectivity index (χ0v) is 16.0. The molecule has 0 aliphatic carbocycles. The first kappa shape index (κ1) is 18.7. The van der Waals surface area contributed by atoms with Crippen molar-refractivity contribution < 1.29 is 19.4 Å². The van der Waals surface area contributed by atoms with E-state index in [0.29, 0.717) is 37.2 Å². The molecule has 1 aromatic carbocycles. The number of hydrogen-bond donors (Lipinski definition) is 1. The Morgan fingerprint density at radius 3 is 2.58 bits per heavy atom. The lowest BCUT2D eigenvalue weighted by molar-refractivity contribution is -0.0163. The number of fused-ring (bicyclic) bond motifs is 1. The van der Waals surface area contributed by atoms with Gasteiger partial charge in [0.15, 0.2) is 0 Å². The number of methoxy groups -OCH3 is 1. The van der Waals surface area contributed by atoms with Gasteiger partial charge in [-0.25, -0.2) is 4.79 Å². The van der Waals surface area contributed by atoms with Gasteiger partial charge < -0.3 is 24.0 Å². The molecule has 0 unspecified atom stereocenters. The first-order valence-corrected chi connectivity index (χ1v) is 9.12. The minimum Gasteiger partial charge on any atom is -0.497 e. The second-order valence-electron chi connectivity index (χ2n) is 7.19. The Balaban J connectivity index is 2.09. The van der Waals surface area contributed by atoms with Gasteiger partial charge in [-0.05, 0) is 45.0 Å². The lowest BCUT2D eigenvalue weighted by Gasteiger charge is -2.36. The summed E-state index contributed by atoms with van der Waals surface area (Å²) < 4.78 is 12.6. The van der Waals surface area contributed by atoms with E-state index in [1.54, 1.807) is 14.0 Å². The highest BCUT2D eigenvalue weighted by Gasteiger charge is 2.35. The molecule has 0 bridgehead atoms. The van der Waals surface area contributed by atoms with E-state index in [-0.39, 0.29) is 5.97 Å². The van der Waals surface area contributed by atoms with Crippen LogP contribution in [0, 0.1) is 0 Å². The van der Waals surface area contributed by atoms with Gasteiger partial charge in [0, 0.05) is 43.2 Å². The number of nitrogens with zero attached hydrogens (tertiary/aromatic N) is 2. The van der Waals surface area contributed by atoms with Crippen LogP contribution < -0.4 is 4.74 Å². The monoisotopic (exact) mass is 360 g/mol. The standard InChI is InChI=1S/C20H28N2O4/c1-5-26-19(23)18-15-12-14(25-4)6-7-16(15)22(3)17(18)13-20(24)8-10-21(2)11-9-20/h6-7,12,24H,5,8-11,13H2,1-4H3. The lowest BCUT2D eigenvalue weighted by Crippen LogP contribution is -2.44. The second-order valence-corrected chi connectivity index (χ2v) is 7.19. The normalized spacial score (nSPS) is 17.4. The van der Waals surface area contributed by atoms with Crippen molar-refractivity contribution in [3.8, 4) is 5.75 Å². The van der Waals surface area contributed by atoms with Crippen molar-refractivity contribution in [3.05, 3.63) is 29.5 Å². The number of benzene rings is 1. The highest BCUT2D eigenvalue weighted by molar-refractivity contribution is 6.06. The van der Waals surface area contributed by atoms with Crippen molar-refractivity contribution in [2.75, 3.05) is 33.9 Å². The number of aliphatic hydroxyl groups is 1. The van der Waals surface area contributed by atoms with E-state index in [1.807, 2.05) is 29.8 Å². The number of rotatable bonds is 5. The molecule has 0 radical (unpaired) electrons. The molecule has 6 heteroatoms. The molecular weight excluding hydrogens is 332 g/mol. The summed E-state index contributed by atoms with van der Waals surface area (Å²) >= 11 is 0. The van der Waals surface area contributed by atoms with Crippen molar-refractivity contribution in [2.45, 2.75) is 31.8 Å². The number of aromatic nitrogens is 1. The molecule has 1 saturated heterocycles. The molecule has 0 saturated carbocycles. The third-order valence-electron chi connectivity index (χ3n) is 5.42. The fraction of sp³-hybridized carbons (Fsp3) is 0.550. The second kappa shape index (κ2) is 7.29. The van der Waals surface area contributed by atoms with Crippen LogP contribution in [0.2, 0.25) is 0 Å². The highest BCUT2D eigenvalue weighted by Crippen LogP contribution is 2.34. The van der Waals surface area contributed by atoms with Crippen LogP contribution in [0.25, 0.3) is 10.9 Å². The van der Waals surface area contributed by atoms with Crippen LogP contribution in [0.4, 0.5) is 0 Å². The molecule has 0 atom stereocenters. The first-order valence-electron chi connectivity index (χ1n) is 9.12. The molecule has 2 aromatic rings. The minimum absolute atomic E-state index is 0.313. The predicted molar refractivity (Wildman–Crippen MR) is 101 cm³/mol. The van der Waals surface area contributed by atoms with E-state index < -0.39 is 5.60 Å². The maximum absolute atomic E-state index is 12.7. The van der Waals surface area contributed by atoms with Crippen LogP contribution in [-0.2, 0) is 18.2 Å². The van der Waals surface area contributed by atoms with Gasteiger partial charge in [0.1, 0.15) is 5.75 Å². The summed E-state index contributed by atoms with van der Waals surface area (Å²) in [5.41, 5.74) is 1.48. The number of esters is 1. The predicted octanol–water partition coefficient (Wildman–Crippen LogP) is 2.36. The molecule has 1 aromatic heterocycles. The van der Waals surface area contributed by atoms with Gasteiger partial charge in [-0.1, -0.05) is 0 Å². The first-order chi connectivity index (χ1) is 12.4. The van der Waals surface area contributed by atoms with Gasteiger partial charge in [0.25, 0.3) is 0 Å². The van der Waals surface area contributed by atoms with Crippen molar-refractivity contribution in [3.63, 3.8) is 0 Å². The summed E-state index contributed by atoms with van der Waals surface area (Å²) in [4.78, 5) is 14.9. The van der Waals surface area contributed by atoms with Gasteiger partial charge in [-0.15, -0.1) is 0 Å². The Morgan fingerprint density at radius 1 is 1.27 bits per heavy atom. The molecule has 3 rings (SSSR count). The summed E-state index contributed by atoms with van der Waals surface area (Å²) in [7, 11) is 5.61. The van der Waals surface area contributed by atoms with Gasteiger partial charge in [0.05, 0.1) is 24.9 Å². The molecule has 1 fully saturated rings. The molecule has 0 amide bonds. The van der Waals surface area contributed by atoms with Crippen LogP contribution in [0.15, 0.2) is 18.2 Å². The molecular formula is C20H28N2O4. The summed E-state index contributed by atoms with van der Waals surface area (Å²) in [5.74, 6) is 0.344. The maximum atomic E-state index is 12.7. The van der Waals surface area contributed by atoms with Gasteiger partial charge in [-0.3, -0.25) is 0 Å². The van der Waals surface area contributed by atoms with Gasteiger partial charge >= 0.3 is 5.97 Å². The largest absolute Gasteiger partial charge is 0.497 e. The van der Waals surface area contributed by atoms with Crippen LogP contribution >= 0.6 is 0 Å². The molecule has 1 aliphatic rings. The molecule has 2 heterocycles. The summed E-state index contributed by atoms with van der Waals surface area (Å²) in [5, 5.41) is 11.9. The number of piperidine rings is 1. The Labute approximate surface area is 154 Å². The van der Waals surface area contributed by atoms with E-state index in [0.717, 1.165) is 29.7 Å². The van der Waals surface area contributed by atoms with Crippen LogP contribution in [0.1, 0.15) is 35.8 Å². The van der Waals surface area contributed by atoms with Crippen molar-refractivity contribution >= 4 is 16.9 Å². The van der Waals surface area contributed by atoms with Crippen LogP contribution in [0.5, 0.6) is 5.75 Å². The minimum atomic E-state index is -0.806. The molecule has 6 nitrogen and oxygen atoms in total. The number of ether oxygens (including phenoxy) is 2. The zero-order valence-electron chi connectivity index (χ0n) is 16.0. The quantitative estimate of drug-likeness (QED) is 0.830. The van der Waals surface area contributed by atoms with E-state index in [4.69, 9.17) is 9.47 Å². The Bertz CT molecular complexity index is 804. The lowest BCUT2D eigenvalue weighted by atomic mass is 9.86. The molecule has 0 spiro atoms. The van der Waals surface area contributed by atoms with Crippen LogP contribution in [0.3, 0.4) is 0 Å². The number of likely N-dealkylation sites (tertiary alicyclic amines) is 1. The fourth-order valence-corrected chi connectivity index (χ4v) is 3.76. The average Bonchev–Trinajstić information content (AvgIpc) is 2.89. The maximum Gasteiger partial charge on any atom is 0.340 e. The molecule has 1 N–H and O–H groups in total. The van der Waals surface area contributed by atoms with Crippen molar-refractivity contribution in [1.82, 2.24) is 9.47 Å². The Hall–Kier alpha value is -2.05. The Morgan fingerprint density at radius 2 is 1.96 bits per heavy atom. The molecule has 142 valence electrons. The summed E-state index contributed by atoms with van der Waals surface area (Å²) in [6.07, 6.45) is 1.82. The van der Waals surface area contributed by atoms with Crippen molar-refractivity contribution in [2.24, 2.45) is 7.05 Å². The van der Waals surface area contributed by atoms with E-state index in [1.165, 1.54) is 0 Å². The average molecular weight is 360 g/mol. The fourth-order valence-electron chi connectivity index (χ4n) is 3.76. The summed E-state index contributed by atoms with van der Waals surface area (Å²) in [6, 6.07) is 5.69. The number of carbonyl (C=O) groups excluding carboxylic acids is 1. The van der Waals surface area contributed by atoms with Crippen LogP contribution in [-0.4, -0.2) is 60.0 Å². The number of aryl methyl sites for hydroxylation is 1. The Kier molecular flexibility index (Phi) is 5.25. The van der Waals surface area contributed by atoms with Crippen molar-refractivity contribution in [1.29, 1.82) is 0 Å². The summed E-state index contributed by atoms with van der Waals surface area (Å²) in [6.45, 7) is 3.81. The SMILES string of the molecule is CCOC(=O)c1c(CC2(O)CCN(C)CC2)n(C)c2ccc(OC)cc12. The van der Waals surface area contributed by atoms with Gasteiger partial charge in [0.2, 0.25) is 0 Å². The third kappa shape index (κ3) is 3.44. The van der Waals surface area contributed by atoms with Gasteiger partial charge in [-0.2, -0.15) is 0 Å². The molecule has 26 heavy (non-hydrogen) atoms. The topological polar surface area (TPSA) is 63.9 Å².